The average molecular weight is 253 g/mol. The molecule has 1 N–H and O–H groups in total. The average Bonchev–Trinajstić information content (AvgIpc) is 2.84. The van der Waals surface area contributed by atoms with Crippen LogP contribution in [-0.4, -0.2) is 31.1 Å². The van der Waals surface area contributed by atoms with E-state index in [0.29, 0.717) is 0 Å². The van der Waals surface area contributed by atoms with Gasteiger partial charge in [-0.25, -0.2) is 0 Å². The highest BCUT2D eigenvalue weighted by molar-refractivity contribution is 6.30. The molecule has 3 heteroatoms. The molecule has 17 heavy (non-hydrogen) atoms. The van der Waals surface area contributed by atoms with Gasteiger partial charge in [0, 0.05) is 18.1 Å². The van der Waals surface area contributed by atoms with Gasteiger partial charge in [-0.2, -0.15) is 0 Å². The van der Waals surface area contributed by atoms with Crippen molar-refractivity contribution in [1.82, 2.24) is 10.2 Å². The standard InChI is InChI=1S/C14H21ClN2/c1-2-17(11-13-7-8-16-9-13)10-12-3-5-14(15)6-4-12/h3-6,13,16H,2,7-11H2,1H3/t13-/m1/s1. The van der Waals surface area contributed by atoms with E-state index in [1.165, 1.54) is 31.6 Å². The van der Waals surface area contributed by atoms with E-state index in [0.717, 1.165) is 24.0 Å². The van der Waals surface area contributed by atoms with Gasteiger partial charge in [0.05, 0.1) is 0 Å². The summed E-state index contributed by atoms with van der Waals surface area (Å²) in [5.74, 6) is 0.822. The summed E-state index contributed by atoms with van der Waals surface area (Å²) < 4.78 is 0. The summed E-state index contributed by atoms with van der Waals surface area (Å²) in [7, 11) is 0. The fourth-order valence-electron chi connectivity index (χ4n) is 2.39. The van der Waals surface area contributed by atoms with Gasteiger partial charge in [0.2, 0.25) is 0 Å². The number of hydrogen-bond acceptors (Lipinski definition) is 2. The minimum absolute atomic E-state index is 0.816. The Morgan fingerprint density at radius 1 is 1.35 bits per heavy atom. The number of rotatable bonds is 5. The lowest BCUT2D eigenvalue weighted by Crippen LogP contribution is -2.30. The third-order valence-corrected chi connectivity index (χ3v) is 3.70. The fraction of sp³-hybridized carbons (Fsp3) is 0.571. The second-order valence-electron chi connectivity index (χ2n) is 4.81. The van der Waals surface area contributed by atoms with Gasteiger partial charge >= 0.3 is 0 Å². The van der Waals surface area contributed by atoms with Crippen molar-refractivity contribution >= 4 is 11.6 Å². The van der Waals surface area contributed by atoms with Crippen LogP contribution in [0.3, 0.4) is 0 Å². The molecule has 0 aliphatic carbocycles. The van der Waals surface area contributed by atoms with Crippen LogP contribution < -0.4 is 5.32 Å². The number of nitrogens with zero attached hydrogens (tertiary/aromatic N) is 1. The lowest BCUT2D eigenvalue weighted by molar-refractivity contribution is 0.240. The zero-order valence-electron chi connectivity index (χ0n) is 10.5. The first kappa shape index (κ1) is 12.9. The molecule has 1 heterocycles. The second kappa shape index (κ2) is 6.39. The van der Waals surface area contributed by atoms with E-state index in [2.05, 4.69) is 29.3 Å². The van der Waals surface area contributed by atoms with Crippen molar-refractivity contribution in [3.8, 4) is 0 Å². The molecule has 0 spiro atoms. The Balaban J connectivity index is 1.87. The van der Waals surface area contributed by atoms with Crippen LogP contribution in [-0.2, 0) is 6.54 Å². The Morgan fingerprint density at radius 3 is 2.71 bits per heavy atom. The van der Waals surface area contributed by atoms with Crippen molar-refractivity contribution in [2.75, 3.05) is 26.2 Å². The van der Waals surface area contributed by atoms with Crippen molar-refractivity contribution in [3.63, 3.8) is 0 Å². The van der Waals surface area contributed by atoms with Crippen molar-refractivity contribution in [2.24, 2.45) is 5.92 Å². The summed E-state index contributed by atoms with van der Waals surface area (Å²) in [4.78, 5) is 2.51. The van der Waals surface area contributed by atoms with Gasteiger partial charge in [-0.3, -0.25) is 4.90 Å². The quantitative estimate of drug-likeness (QED) is 0.867. The zero-order chi connectivity index (χ0) is 12.1. The maximum atomic E-state index is 5.90. The number of nitrogens with one attached hydrogen (secondary N) is 1. The highest BCUT2D eigenvalue weighted by atomic mass is 35.5. The van der Waals surface area contributed by atoms with Gasteiger partial charge in [-0.05, 0) is 49.7 Å². The van der Waals surface area contributed by atoms with Crippen molar-refractivity contribution in [2.45, 2.75) is 19.9 Å². The molecule has 1 saturated heterocycles. The van der Waals surface area contributed by atoms with Gasteiger partial charge in [0.15, 0.2) is 0 Å². The Hall–Kier alpha value is -0.570. The number of benzene rings is 1. The van der Waals surface area contributed by atoms with E-state index in [1.54, 1.807) is 0 Å². The molecule has 0 bridgehead atoms. The lowest BCUT2D eigenvalue weighted by Gasteiger charge is -2.23. The molecule has 2 rings (SSSR count). The highest BCUT2D eigenvalue weighted by Gasteiger charge is 2.17. The van der Waals surface area contributed by atoms with Gasteiger partial charge in [-0.1, -0.05) is 30.7 Å². The molecule has 94 valence electrons. The first-order valence-corrected chi connectivity index (χ1v) is 6.83. The van der Waals surface area contributed by atoms with Crippen LogP contribution in [0.5, 0.6) is 0 Å². The topological polar surface area (TPSA) is 15.3 Å². The van der Waals surface area contributed by atoms with E-state index in [9.17, 15) is 0 Å². The molecular weight excluding hydrogens is 232 g/mol. The number of hydrogen-bond donors (Lipinski definition) is 1. The van der Waals surface area contributed by atoms with Gasteiger partial charge in [-0.15, -0.1) is 0 Å². The van der Waals surface area contributed by atoms with Gasteiger partial charge in [0.1, 0.15) is 0 Å². The maximum absolute atomic E-state index is 5.90. The zero-order valence-corrected chi connectivity index (χ0v) is 11.2. The summed E-state index contributed by atoms with van der Waals surface area (Å²) in [6, 6.07) is 8.19. The molecule has 0 unspecified atom stereocenters. The normalized spacial score (nSPS) is 20.1. The Kier molecular flexibility index (Phi) is 4.84. The molecule has 2 nitrogen and oxygen atoms in total. The van der Waals surface area contributed by atoms with Crippen LogP contribution in [0, 0.1) is 5.92 Å². The SMILES string of the molecule is CCN(Cc1ccc(Cl)cc1)C[C@@H]1CCNC1. The molecule has 1 aliphatic rings. The first-order chi connectivity index (χ1) is 8.28. The minimum Gasteiger partial charge on any atom is -0.316 e. The Labute approximate surface area is 109 Å². The van der Waals surface area contributed by atoms with Crippen LogP contribution in [0.4, 0.5) is 0 Å². The Morgan fingerprint density at radius 2 is 2.12 bits per heavy atom. The molecule has 1 atom stereocenters. The summed E-state index contributed by atoms with van der Waals surface area (Å²) in [5.41, 5.74) is 1.35. The second-order valence-corrected chi connectivity index (χ2v) is 5.25. The predicted molar refractivity (Wildman–Crippen MR) is 73.4 cm³/mol. The summed E-state index contributed by atoms with van der Waals surface area (Å²) >= 11 is 5.90. The van der Waals surface area contributed by atoms with E-state index < -0.39 is 0 Å². The monoisotopic (exact) mass is 252 g/mol. The largest absolute Gasteiger partial charge is 0.316 e. The van der Waals surface area contributed by atoms with Gasteiger partial charge < -0.3 is 5.32 Å². The first-order valence-electron chi connectivity index (χ1n) is 6.45. The third kappa shape index (κ3) is 3.98. The molecule has 0 aromatic heterocycles. The van der Waals surface area contributed by atoms with E-state index in [1.807, 2.05) is 12.1 Å². The van der Waals surface area contributed by atoms with Crippen LogP contribution in [0.15, 0.2) is 24.3 Å². The minimum atomic E-state index is 0.816. The molecule has 0 radical (unpaired) electrons. The highest BCUT2D eigenvalue weighted by Crippen LogP contribution is 2.14. The van der Waals surface area contributed by atoms with Crippen molar-refractivity contribution in [1.29, 1.82) is 0 Å². The van der Waals surface area contributed by atoms with Crippen LogP contribution >= 0.6 is 11.6 Å². The molecule has 0 saturated carbocycles. The lowest BCUT2D eigenvalue weighted by atomic mass is 10.1. The van der Waals surface area contributed by atoms with Gasteiger partial charge in [0.25, 0.3) is 0 Å². The molecule has 1 aromatic carbocycles. The van der Waals surface area contributed by atoms with Crippen LogP contribution in [0.25, 0.3) is 0 Å². The molecular formula is C14H21ClN2. The number of halogens is 1. The summed E-state index contributed by atoms with van der Waals surface area (Å²) in [5, 5.41) is 4.25. The maximum Gasteiger partial charge on any atom is 0.0406 e. The molecule has 1 fully saturated rings. The summed E-state index contributed by atoms with van der Waals surface area (Å²) in [6.07, 6.45) is 1.32. The van der Waals surface area contributed by atoms with E-state index in [4.69, 9.17) is 11.6 Å². The van der Waals surface area contributed by atoms with Crippen molar-refractivity contribution < 1.29 is 0 Å². The van der Waals surface area contributed by atoms with Crippen LogP contribution in [0.1, 0.15) is 18.9 Å². The van der Waals surface area contributed by atoms with E-state index >= 15 is 0 Å². The van der Waals surface area contributed by atoms with Crippen LogP contribution in [0.2, 0.25) is 5.02 Å². The Bertz CT molecular complexity index is 331. The smallest absolute Gasteiger partial charge is 0.0406 e. The molecule has 1 aliphatic heterocycles. The molecule has 1 aromatic rings. The molecule has 0 amide bonds. The fourth-order valence-corrected chi connectivity index (χ4v) is 2.51. The summed E-state index contributed by atoms with van der Waals surface area (Å²) in [6.45, 7) is 7.94. The van der Waals surface area contributed by atoms with Crippen molar-refractivity contribution in [3.05, 3.63) is 34.9 Å². The third-order valence-electron chi connectivity index (χ3n) is 3.45. The predicted octanol–water partition coefficient (Wildman–Crippen LogP) is 2.77. The van der Waals surface area contributed by atoms with E-state index in [-0.39, 0.29) is 0 Å².